The van der Waals surface area contributed by atoms with Gasteiger partial charge < -0.3 is 15.1 Å². The zero-order valence-electron chi connectivity index (χ0n) is 14.3. The molecule has 24 heavy (non-hydrogen) atoms. The van der Waals surface area contributed by atoms with E-state index in [2.05, 4.69) is 5.32 Å². The summed E-state index contributed by atoms with van der Waals surface area (Å²) in [5, 5.41) is 2.75. The number of carbonyl (C=O) groups is 2. The van der Waals surface area contributed by atoms with Crippen molar-refractivity contribution in [1.29, 1.82) is 0 Å². The van der Waals surface area contributed by atoms with Gasteiger partial charge in [-0.05, 0) is 45.1 Å². The van der Waals surface area contributed by atoms with Crippen molar-refractivity contribution in [2.45, 2.75) is 25.4 Å². The molecule has 1 aliphatic heterocycles. The molecule has 130 valence electrons. The predicted octanol–water partition coefficient (Wildman–Crippen LogP) is 1.72. The van der Waals surface area contributed by atoms with Crippen molar-refractivity contribution < 1.29 is 14.0 Å². The van der Waals surface area contributed by atoms with E-state index in [0.29, 0.717) is 19.5 Å². The Labute approximate surface area is 142 Å². The molecule has 6 heteroatoms. The average Bonchev–Trinajstić information content (AvgIpc) is 2.88. The Hall–Kier alpha value is -2.21. The van der Waals surface area contributed by atoms with Crippen molar-refractivity contribution in [2.24, 2.45) is 0 Å². The summed E-state index contributed by atoms with van der Waals surface area (Å²) in [6.07, 6.45) is 3.80. The molecule has 2 unspecified atom stereocenters. The summed E-state index contributed by atoms with van der Waals surface area (Å²) >= 11 is 0. The van der Waals surface area contributed by atoms with Crippen LogP contribution in [0.1, 0.15) is 24.9 Å². The quantitative estimate of drug-likeness (QED) is 0.807. The van der Waals surface area contributed by atoms with E-state index in [1.807, 2.05) is 25.9 Å². The van der Waals surface area contributed by atoms with Crippen LogP contribution in [0.3, 0.4) is 0 Å². The third kappa shape index (κ3) is 4.64. The average molecular weight is 333 g/mol. The van der Waals surface area contributed by atoms with Crippen LogP contribution in [-0.4, -0.2) is 54.8 Å². The molecule has 0 spiro atoms. The van der Waals surface area contributed by atoms with Crippen molar-refractivity contribution in [3.8, 4) is 0 Å². The summed E-state index contributed by atoms with van der Waals surface area (Å²) < 4.78 is 13.0. The van der Waals surface area contributed by atoms with E-state index in [1.54, 1.807) is 23.1 Å². The number of nitrogens with zero attached hydrogens (tertiary/aromatic N) is 2. The van der Waals surface area contributed by atoms with E-state index in [4.69, 9.17) is 0 Å². The van der Waals surface area contributed by atoms with Gasteiger partial charge in [-0.1, -0.05) is 18.2 Å². The lowest BCUT2D eigenvalue weighted by atomic mass is 10.1. The zero-order chi connectivity index (χ0) is 17.7. The summed E-state index contributed by atoms with van der Waals surface area (Å²) in [7, 11) is 3.83. The molecule has 1 heterocycles. The van der Waals surface area contributed by atoms with E-state index < -0.39 is 6.04 Å². The fourth-order valence-corrected chi connectivity index (χ4v) is 2.73. The number of rotatable bonds is 6. The maximum Gasteiger partial charge on any atom is 0.245 e. The van der Waals surface area contributed by atoms with Crippen molar-refractivity contribution in [3.63, 3.8) is 0 Å². The summed E-state index contributed by atoms with van der Waals surface area (Å²) in [6, 6.07) is 5.50. The van der Waals surface area contributed by atoms with Crippen LogP contribution in [0.5, 0.6) is 0 Å². The van der Waals surface area contributed by atoms with Crippen LogP contribution in [-0.2, 0) is 9.59 Å². The van der Waals surface area contributed by atoms with Gasteiger partial charge in [0, 0.05) is 19.2 Å². The van der Waals surface area contributed by atoms with Gasteiger partial charge in [0.05, 0.1) is 6.04 Å². The van der Waals surface area contributed by atoms with Crippen LogP contribution < -0.4 is 5.32 Å². The third-order valence-corrected chi connectivity index (χ3v) is 4.12. The molecule has 2 atom stereocenters. The molecule has 1 fully saturated rings. The van der Waals surface area contributed by atoms with Gasteiger partial charge in [0.25, 0.3) is 0 Å². The number of carbonyl (C=O) groups excluding carboxylic acids is 2. The van der Waals surface area contributed by atoms with Crippen molar-refractivity contribution in [2.75, 3.05) is 27.2 Å². The van der Waals surface area contributed by atoms with E-state index in [-0.39, 0.29) is 23.7 Å². The van der Waals surface area contributed by atoms with Crippen LogP contribution in [0, 0.1) is 5.82 Å². The van der Waals surface area contributed by atoms with Crippen LogP contribution in [0.15, 0.2) is 36.4 Å². The number of amides is 2. The van der Waals surface area contributed by atoms with Gasteiger partial charge in [0.1, 0.15) is 11.9 Å². The zero-order valence-corrected chi connectivity index (χ0v) is 14.3. The molecule has 0 bridgehead atoms. The highest BCUT2D eigenvalue weighted by molar-refractivity contribution is 5.93. The number of hydrogen-bond donors (Lipinski definition) is 1. The van der Waals surface area contributed by atoms with Gasteiger partial charge >= 0.3 is 0 Å². The highest BCUT2D eigenvalue weighted by atomic mass is 19.1. The standard InChI is InChI=1S/C18H24FN3O2/c1-13(14-6-8-15(19)9-7-14)22-12-10-16(18(22)24)20-17(23)5-4-11-21(2)3/h4-9,13,16H,10-12H2,1-3H3,(H,20,23)/b5-4+. The first kappa shape index (κ1) is 18.1. The van der Waals surface area contributed by atoms with Gasteiger partial charge in [-0.2, -0.15) is 0 Å². The molecule has 1 saturated heterocycles. The lowest BCUT2D eigenvalue weighted by Gasteiger charge is -2.25. The summed E-state index contributed by atoms with van der Waals surface area (Å²) in [4.78, 5) is 28.1. The first-order valence-corrected chi connectivity index (χ1v) is 8.06. The van der Waals surface area contributed by atoms with Gasteiger partial charge in [-0.15, -0.1) is 0 Å². The van der Waals surface area contributed by atoms with Crippen molar-refractivity contribution in [3.05, 3.63) is 47.8 Å². The van der Waals surface area contributed by atoms with Crippen molar-refractivity contribution in [1.82, 2.24) is 15.1 Å². The van der Waals surface area contributed by atoms with Gasteiger partial charge in [-0.3, -0.25) is 9.59 Å². The van der Waals surface area contributed by atoms with E-state index in [1.165, 1.54) is 18.2 Å². The molecule has 0 saturated carbocycles. The second kappa shape index (κ2) is 8.06. The van der Waals surface area contributed by atoms with Gasteiger partial charge in [0.15, 0.2) is 0 Å². The summed E-state index contributed by atoms with van der Waals surface area (Å²) in [5.74, 6) is -0.652. The molecule has 1 N–H and O–H groups in total. The van der Waals surface area contributed by atoms with Crippen LogP contribution in [0.25, 0.3) is 0 Å². The Balaban J connectivity index is 1.93. The number of hydrogen-bond acceptors (Lipinski definition) is 3. The highest BCUT2D eigenvalue weighted by Crippen LogP contribution is 2.25. The number of benzene rings is 1. The molecule has 1 aliphatic rings. The molecule has 2 amide bonds. The Kier molecular flexibility index (Phi) is 6.09. The molecule has 0 radical (unpaired) electrons. The molecule has 1 aromatic carbocycles. The lowest BCUT2D eigenvalue weighted by Crippen LogP contribution is -2.41. The topological polar surface area (TPSA) is 52.7 Å². The number of nitrogens with one attached hydrogen (secondary N) is 1. The normalized spacial score (nSPS) is 19.3. The molecule has 0 aromatic heterocycles. The Bertz CT molecular complexity index is 613. The Morgan fingerprint density at radius 3 is 2.71 bits per heavy atom. The van der Waals surface area contributed by atoms with E-state index in [0.717, 1.165) is 5.56 Å². The maximum absolute atomic E-state index is 13.0. The van der Waals surface area contributed by atoms with Crippen LogP contribution in [0.4, 0.5) is 4.39 Å². The van der Waals surface area contributed by atoms with Gasteiger partial charge in [0.2, 0.25) is 11.8 Å². The molecule has 0 aliphatic carbocycles. The summed E-state index contributed by atoms with van der Waals surface area (Å²) in [6.45, 7) is 3.15. The fourth-order valence-electron chi connectivity index (χ4n) is 2.73. The predicted molar refractivity (Wildman–Crippen MR) is 90.8 cm³/mol. The second-order valence-electron chi connectivity index (χ2n) is 6.27. The Morgan fingerprint density at radius 1 is 1.42 bits per heavy atom. The minimum Gasteiger partial charge on any atom is -0.341 e. The SMILES string of the molecule is CC(c1ccc(F)cc1)N1CCC(NC(=O)/C=C/CN(C)C)C1=O. The fraction of sp³-hybridized carbons (Fsp3) is 0.444. The largest absolute Gasteiger partial charge is 0.341 e. The molecular formula is C18H24FN3O2. The molecule has 5 nitrogen and oxygen atoms in total. The van der Waals surface area contributed by atoms with Gasteiger partial charge in [-0.25, -0.2) is 4.39 Å². The van der Waals surface area contributed by atoms with E-state index >= 15 is 0 Å². The minimum atomic E-state index is -0.496. The van der Waals surface area contributed by atoms with Crippen LogP contribution in [0.2, 0.25) is 0 Å². The minimum absolute atomic E-state index is 0.0961. The monoisotopic (exact) mass is 333 g/mol. The van der Waals surface area contributed by atoms with Crippen molar-refractivity contribution >= 4 is 11.8 Å². The first-order chi connectivity index (χ1) is 11.4. The maximum atomic E-state index is 13.0. The molecule has 2 rings (SSSR count). The lowest BCUT2D eigenvalue weighted by molar-refractivity contribution is -0.133. The summed E-state index contributed by atoms with van der Waals surface area (Å²) in [5.41, 5.74) is 0.877. The number of likely N-dealkylation sites (N-methyl/N-ethyl adjacent to an activating group) is 1. The smallest absolute Gasteiger partial charge is 0.245 e. The first-order valence-electron chi connectivity index (χ1n) is 8.06. The van der Waals surface area contributed by atoms with Crippen LogP contribution >= 0.6 is 0 Å². The highest BCUT2D eigenvalue weighted by Gasteiger charge is 2.35. The number of likely N-dealkylation sites (tertiary alicyclic amines) is 1. The molecule has 1 aromatic rings. The third-order valence-electron chi connectivity index (χ3n) is 4.12. The van der Waals surface area contributed by atoms with E-state index in [9.17, 15) is 14.0 Å². The molecular weight excluding hydrogens is 309 g/mol. The Morgan fingerprint density at radius 2 is 2.08 bits per heavy atom. The second-order valence-corrected chi connectivity index (χ2v) is 6.27. The number of halogens is 1.